The van der Waals surface area contributed by atoms with Crippen molar-refractivity contribution in [2.24, 2.45) is 10.9 Å². The first kappa shape index (κ1) is 27.9. The topological polar surface area (TPSA) is 131 Å². The van der Waals surface area contributed by atoms with Crippen molar-refractivity contribution in [1.29, 1.82) is 0 Å². The van der Waals surface area contributed by atoms with Gasteiger partial charge >= 0.3 is 11.9 Å². The Morgan fingerprint density at radius 2 is 2.13 bits per heavy atom. The van der Waals surface area contributed by atoms with Gasteiger partial charge in [0.1, 0.15) is 30.9 Å². The monoisotopic (exact) mass is 592 g/mol. The molecule has 2 N–H and O–H groups in total. The van der Waals surface area contributed by atoms with E-state index < -0.39 is 17.8 Å². The van der Waals surface area contributed by atoms with Crippen molar-refractivity contribution in [3.8, 4) is 0 Å². The zero-order valence-electron chi connectivity index (χ0n) is 21.4. The first-order valence-corrected chi connectivity index (χ1v) is 13.1. The highest BCUT2D eigenvalue weighted by Crippen LogP contribution is 2.36. The Hall–Kier alpha value is -3.16. The predicted octanol–water partition coefficient (Wildman–Crippen LogP) is 2.51. The Morgan fingerprint density at radius 3 is 2.82 bits per heavy atom. The van der Waals surface area contributed by atoms with Crippen molar-refractivity contribution >= 4 is 33.7 Å². The lowest BCUT2D eigenvalue weighted by Crippen LogP contribution is -2.48. The van der Waals surface area contributed by atoms with Crippen LogP contribution in [0, 0.1) is 11.7 Å². The van der Waals surface area contributed by atoms with Crippen molar-refractivity contribution < 1.29 is 28.2 Å². The first-order valence-electron chi connectivity index (χ1n) is 12.3. The van der Waals surface area contributed by atoms with Gasteiger partial charge in [-0.1, -0.05) is 35.8 Å². The molecule has 1 aromatic heterocycles. The number of nitrogens with zero attached hydrogens (tertiary/aromatic N) is 4. The highest BCUT2D eigenvalue weighted by Gasteiger charge is 2.35. The number of esters is 2. The maximum atomic E-state index is 13.9. The molecule has 0 saturated carbocycles. The fraction of sp³-hybridized carbons (Fsp3) is 0.480. The van der Waals surface area contributed by atoms with E-state index in [4.69, 9.17) is 19.2 Å². The molecule has 0 radical (unpaired) electrons. The lowest BCUT2D eigenvalue weighted by atomic mass is 9.95. The molecule has 204 valence electrons. The number of aliphatic imine (C=N–C) groups is 1. The smallest absolute Gasteiger partial charge is 0.338 e. The van der Waals surface area contributed by atoms with Crippen LogP contribution < -0.4 is 5.32 Å². The van der Waals surface area contributed by atoms with Gasteiger partial charge in [-0.3, -0.25) is 19.8 Å². The number of H-pyrrole nitrogens is 1. The molecule has 2 aliphatic heterocycles. The number of halogens is 2. The Kier molecular flexibility index (Phi) is 9.23. The average Bonchev–Trinajstić information content (AvgIpc) is 3.42. The molecular weight excluding hydrogens is 563 g/mol. The zero-order chi connectivity index (χ0) is 27.2. The molecule has 2 atom stereocenters. The summed E-state index contributed by atoms with van der Waals surface area (Å²) in [5.74, 6) is -0.807. The summed E-state index contributed by atoms with van der Waals surface area (Å²) >= 11 is 3.42. The van der Waals surface area contributed by atoms with Crippen molar-refractivity contribution in [2.45, 2.75) is 32.9 Å². The predicted molar refractivity (Wildman–Crippen MR) is 139 cm³/mol. The summed E-state index contributed by atoms with van der Waals surface area (Å²) in [6.07, 6.45) is 1.11. The van der Waals surface area contributed by atoms with Crippen LogP contribution in [0.5, 0.6) is 0 Å². The molecule has 2 unspecified atom stereocenters. The van der Waals surface area contributed by atoms with Gasteiger partial charge < -0.3 is 19.5 Å². The quantitative estimate of drug-likeness (QED) is 0.421. The van der Waals surface area contributed by atoms with Gasteiger partial charge in [0.25, 0.3) is 0 Å². The van der Waals surface area contributed by atoms with Crippen LogP contribution >= 0.6 is 15.9 Å². The Bertz CT molecular complexity index is 1220. The average molecular weight is 593 g/mol. The molecule has 3 heterocycles. The number of aromatic nitrogens is 3. The summed E-state index contributed by atoms with van der Waals surface area (Å²) < 4.78 is 31.0. The number of hydrogen-bond donors (Lipinski definition) is 2. The molecule has 38 heavy (non-hydrogen) atoms. The van der Waals surface area contributed by atoms with E-state index in [2.05, 4.69) is 41.3 Å². The summed E-state index contributed by atoms with van der Waals surface area (Å²) in [6.45, 7) is 7.41. The molecule has 2 aliphatic rings. The minimum absolute atomic E-state index is 0.139. The minimum atomic E-state index is -0.808. The van der Waals surface area contributed by atoms with Crippen LogP contribution in [0.1, 0.15) is 38.2 Å². The number of carbonyl (C=O) groups excluding carboxylic acids is 2. The lowest BCUT2D eigenvalue weighted by Gasteiger charge is -2.35. The van der Waals surface area contributed by atoms with E-state index in [0.717, 1.165) is 0 Å². The van der Waals surface area contributed by atoms with Gasteiger partial charge in [0.2, 0.25) is 5.82 Å². The van der Waals surface area contributed by atoms with Crippen molar-refractivity contribution in [3.63, 3.8) is 0 Å². The number of carbonyl (C=O) groups is 2. The van der Waals surface area contributed by atoms with E-state index >= 15 is 0 Å². The van der Waals surface area contributed by atoms with Gasteiger partial charge in [0.15, 0.2) is 5.84 Å². The second-order valence-electron chi connectivity index (χ2n) is 9.12. The number of morpholine rings is 1. The van der Waals surface area contributed by atoms with Crippen LogP contribution in [0.2, 0.25) is 0 Å². The molecule has 13 heteroatoms. The number of nitrogens with one attached hydrogen (secondary N) is 2. The number of benzene rings is 1. The molecule has 4 rings (SSSR count). The molecule has 1 saturated heterocycles. The number of rotatable bonds is 9. The minimum Gasteiger partial charge on any atom is -0.463 e. The van der Waals surface area contributed by atoms with Gasteiger partial charge in [-0.15, -0.1) is 0 Å². The summed E-state index contributed by atoms with van der Waals surface area (Å²) in [4.78, 5) is 36.3. The third-order valence-electron chi connectivity index (χ3n) is 5.99. The largest absolute Gasteiger partial charge is 0.463 e. The number of amidine groups is 1. The number of hydrogen-bond acceptors (Lipinski definition) is 10. The van der Waals surface area contributed by atoms with Crippen LogP contribution in [-0.2, 0) is 23.8 Å². The Balaban J connectivity index is 1.67. The van der Waals surface area contributed by atoms with Crippen LogP contribution in [0.25, 0.3) is 0 Å². The summed E-state index contributed by atoms with van der Waals surface area (Å²) in [7, 11) is 0. The van der Waals surface area contributed by atoms with Gasteiger partial charge in [-0.25, -0.2) is 14.2 Å². The van der Waals surface area contributed by atoms with Crippen LogP contribution in [-0.4, -0.2) is 83.4 Å². The maximum absolute atomic E-state index is 13.9. The highest BCUT2D eigenvalue weighted by atomic mass is 79.9. The fourth-order valence-corrected chi connectivity index (χ4v) is 4.71. The van der Waals surface area contributed by atoms with Crippen molar-refractivity contribution in [2.75, 3.05) is 39.5 Å². The van der Waals surface area contributed by atoms with E-state index in [-0.39, 0.29) is 31.2 Å². The molecule has 2 aromatic rings. The molecule has 1 aromatic carbocycles. The highest BCUT2D eigenvalue weighted by molar-refractivity contribution is 9.10. The van der Waals surface area contributed by atoms with Crippen molar-refractivity contribution in [3.05, 3.63) is 57.5 Å². The zero-order valence-corrected chi connectivity index (χ0v) is 23.0. The van der Waals surface area contributed by atoms with Crippen LogP contribution in [0.3, 0.4) is 0 Å². The summed E-state index contributed by atoms with van der Waals surface area (Å²) in [5.41, 5.74) is 1.44. The normalized spacial score (nSPS) is 20.2. The molecular formula is C25H30BrFN6O5. The van der Waals surface area contributed by atoms with E-state index in [1.54, 1.807) is 26.8 Å². The fourth-order valence-electron chi connectivity index (χ4n) is 4.14. The van der Waals surface area contributed by atoms with Gasteiger partial charge in [-0.2, -0.15) is 5.10 Å². The molecule has 11 nitrogen and oxygen atoms in total. The van der Waals surface area contributed by atoms with Crippen molar-refractivity contribution in [1.82, 2.24) is 25.4 Å². The Morgan fingerprint density at radius 1 is 1.32 bits per heavy atom. The number of aromatic amines is 1. The van der Waals surface area contributed by atoms with Crippen LogP contribution in [0.4, 0.5) is 4.39 Å². The van der Waals surface area contributed by atoms with Gasteiger partial charge in [0, 0.05) is 29.8 Å². The first-order chi connectivity index (χ1) is 18.3. The molecule has 0 amide bonds. The molecule has 0 aliphatic carbocycles. The standard InChI is InChI=1S/C25H30BrFN6O5/c1-4-36-25(35)20-19(11-33-7-8-37-16(10-33)12-38-24(34)14(2)3)30-23(22-28-13-29-32-22)31-21(20)17-6-5-15(27)9-18(17)26/h5-6,9,13-14,16,21H,4,7-8,10-12H2,1-3H3,(H,30,31)(H,28,29,32). The van der Waals surface area contributed by atoms with Gasteiger partial charge in [-0.05, 0) is 24.6 Å². The third kappa shape index (κ3) is 6.63. The molecule has 0 bridgehead atoms. The van der Waals surface area contributed by atoms with Gasteiger partial charge in [0.05, 0.1) is 24.7 Å². The maximum Gasteiger partial charge on any atom is 0.338 e. The van der Waals surface area contributed by atoms with Crippen LogP contribution in [0.15, 0.2) is 45.3 Å². The van der Waals surface area contributed by atoms with E-state index in [1.807, 2.05) is 0 Å². The SMILES string of the molecule is CCOC(=O)C1=C(CN2CCOC(COC(=O)C(C)C)C2)NC(c2nc[nH]n2)=NC1c1ccc(F)cc1Br. The Labute approximate surface area is 228 Å². The molecule has 0 spiro atoms. The second-order valence-corrected chi connectivity index (χ2v) is 9.97. The van der Waals surface area contributed by atoms with E-state index in [9.17, 15) is 14.0 Å². The third-order valence-corrected chi connectivity index (χ3v) is 6.68. The van der Waals surface area contributed by atoms with E-state index in [1.165, 1.54) is 18.5 Å². The second kappa shape index (κ2) is 12.6. The summed E-state index contributed by atoms with van der Waals surface area (Å²) in [5, 5.41) is 10.0. The van der Waals surface area contributed by atoms with E-state index in [0.29, 0.717) is 59.2 Å². The number of ether oxygens (including phenoxy) is 3. The summed E-state index contributed by atoms with van der Waals surface area (Å²) in [6, 6.07) is 3.42. The lowest BCUT2D eigenvalue weighted by molar-refractivity contribution is -0.154. The molecule has 1 fully saturated rings.